The number of guanidine groups is 2. The number of aromatic nitrogens is 2. The first-order valence-electron chi connectivity index (χ1n) is 12.9. The van der Waals surface area contributed by atoms with Gasteiger partial charge in [0.2, 0.25) is 0 Å². The Morgan fingerprint density at radius 2 is 1.22 bits per heavy atom. The number of hydrazone groups is 2. The van der Waals surface area contributed by atoms with E-state index in [0.29, 0.717) is 49.6 Å². The maximum atomic E-state index is 11.3. The van der Waals surface area contributed by atoms with Crippen LogP contribution in [0.4, 0.5) is 0 Å². The van der Waals surface area contributed by atoms with Crippen molar-refractivity contribution in [2.24, 2.45) is 10.2 Å². The molecule has 0 saturated carbocycles. The van der Waals surface area contributed by atoms with Gasteiger partial charge < -0.3 is 24.3 Å². The van der Waals surface area contributed by atoms with Crippen molar-refractivity contribution < 1.29 is 14.8 Å². The van der Waals surface area contributed by atoms with Crippen LogP contribution in [-0.2, 0) is 17.8 Å². The molecule has 0 aliphatic carbocycles. The lowest BCUT2D eigenvalue weighted by atomic mass is 10.3. The molecule has 15 nitrogen and oxygen atoms in total. The molecule has 2 saturated heterocycles. The van der Waals surface area contributed by atoms with Crippen molar-refractivity contribution in [3.63, 3.8) is 0 Å². The van der Waals surface area contributed by atoms with Gasteiger partial charge in [-0.25, -0.2) is 30.2 Å². The third kappa shape index (κ3) is 8.11. The highest BCUT2D eigenvalue weighted by atomic mass is 35.5. The number of hydrogen-bond donors (Lipinski definition) is 0. The van der Waals surface area contributed by atoms with E-state index < -0.39 is 10.1 Å². The van der Waals surface area contributed by atoms with Crippen molar-refractivity contribution in [3.8, 4) is 0 Å². The van der Waals surface area contributed by atoms with Gasteiger partial charge in [-0.05, 0) is 37.1 Å². The molecule has 41 heavy (non-hydrogen) atoms. The van der Waals surface area contributed by atoms with Crippen LogP contribution in [0.15, 0.2) is 46.9 Å². The molecular formula is C24H30Cl2N10O5. The summed E-state index contributed by atoms with van der Waals surface area (Å²) in [6.07, 6.45) is 3.26. The summed E-state index contributed by atoms with van der Waals surface area (Å²) < 4.78 is 6.00. The summed E-state index contributed by atoms with van der Waals surface area (Å²) in [6.45, 7) is 7.31. The number of nitro groups is 2. The molecule has 0 N–H and O–H groups in total. The molecule has 2 fully saturated rings. The van der Waals surface area contributed by atoms with Gasteiger partial charge in [0.15, 0.2) is 10.1 Å². The number of halogens is 2. The number of ether oxygens (including phenoxy) is 1. The van der Waals surface area contributed by atoms with E-state index in [2.05, 4.69) is 20.2 Å². The second kappa shape index (κ2) is 13.7. The van der Waals surface area contributed by atoms with Crippen molar-refractivity contribution in [2.75, 3.05) is 39.4 Å². The molecular weight excluding hydrogens is 579 g/mol. The third-order valence-electron chi connectivity index (χ3n) is 6.75. The van der Waals surface area contributed by atoms with Crippen LogP contribution in [0.2, 0.25) is 10.3 Å². The van der Waals surface area contributed by atoms with Crippen LogP contribution in [0.1, 0.15) is 25.0 Å². The highest BCUT2D eigenvalue weighted by molar-refractivity contribution is 6.29. The fraction of sp³-hybridized carbons (Fsp3) is 0.500. The summed E-state index contributed by atoms with van der Waals surface area (Å²) in [6, 6.07) is 6.55. The van der Waals surface area contributed by atoms with Crippen LogP contribution in [0.3, 0.4) is 0 Å². The molecule has 2 aromatic heterocycles. The van der Waals surface area contributed by atoms with Gasteiger partial charge in [0, 0.05) is 51.7 Å². The van der Waals surface area contributed by atoms with Crippen molar-refractivity contribution in [1.82, 2.24) is 29.6 Å². The van der Waals surface area contributed by atoms with Gasteiger partial charge in [0.25, 0.3) is 11.9 Å². The van der Waals surface area contributed by atoms with Crippen LogP contribution < -0.4 is 0 Å². The predicted octanol–water partition coefficient (Wildman–Crippen LogP) is 2.61. The summed E-state index contributed by atoms with van der Waals surface area (Å²) in [5, 5.41) is 29.2. The van der Waals surface area contributed by atoms with Gasteiger partial charge in [-0.2, -0.15) is 0 Å². The van der Waals surface area contributed by atoms with E-state index in [1.54, 1.807) is 24.5 Å². The summed E-state index contributed by atoms with van der Waals surface area (Å²) in [4.78, 5) is 38.1. The number of rotatable bonds is 12. The first-order valence-corrected chi connectivity index (χ1v) is 13.6. The number of pyridine rings is 2. The lowest BCUT2D eigenvalue weighted by Gasteiger charge is -2.29. The first kappa shape index (κ1) is 30.1. The van der Waals surface area contributed by atoms with Crippen molar-refractivity contribution in [3.05, 3.63) is 78.3 Å². The van der Waals surface area contributed by atoms with Gasteiger partial charge in [-0.15, -0.1) is 0 Å². The summed E-state index contributed by atoms with van der Waals surface area (Å²) in [5.74, 6) is 0.503. The van der Waals surface area contributed by atoms with Gasteiger partial charge in [-0.1, -0.05) is 35.3 Å². The largest absolute Gasteiger partial charge is 0.377 e. The van der Waals surface area contributed by atoms with Crippen molar-refractivity contribution in [2.45, 2.75) is 39.0 Å². The van der Waals surface area contributed by atoms with E-state index >= 15 is 0 Å². The van der Waals surface area contributed by atoms with E-state index in [-0.39, 0.29) is 37.2 Å². The smallest absolute Gasteiger partial charge is 0.274 e. The lowest BCUT2D eigenvalue weighted by Crippen LogP contribution is -2.44. The van der Waals surface area contributed by atoms with Crippen LogP contribution in [0.5, 0.6) is 0 Å². The summed E-state index contributed by atoms with van der Waals surface area (Å²) >= 11 is 11.7. The second-order valence-corrected chi connectivity index (χ2v) is 10.5. The minimum absolute atomic E-state index is 0.214. The minimum Gasteiger partial charge on any atom is -0.377 e. The highest BCUT2D eigenvalue weighted by Gasteiger charge is 2.35. The van der Waals surface area contributed by atoms with Gasteiger partial charge >= 0.3 is 0 Å². The average molecular weight is 609 g/mol. The molecule has 220 valence electrons. The Balaban J connectivity index is 1.34. The van der Waals surface area contributed by atoms with Gasteiger partial charge in [0.1, 0.15) is 20.5 Å². The van der Waals surface area contributed by atoms with E-state index in [1.807, 2.05) is 45.6 Å². The molecule has 17 heteroatoms. The second-order valence-electron chi connectivity index (χ2n) is 9.72. The highest BCUT2D eigenvalue weighted by Crippen LogP contribution is 2.20. The molecule has 0 bridgehead atoms. The van der Waals surface area contributed by atoms with Crippen LogP contribution in [0, 0.1) is 20.2 Å². The Morgan fingerprint density at radius 3 is 1.56 bits per heavy atom. The fourth-order valence-electron chi connectivity index (χ4n) is 4.77. The van der Waals surface area contributed by atoms with E-state index in [9.17, 15) is 20.2 Å². The molecule has 0 amide bonds. The topological polar surface area (TPSA) is 159 Å². The molecule has 2 aliphatic heterocycles. The lowest BCUT2D eigenvalue weighted by molar-refractivity contribution is -0.486. The van der Waals surface area contributed by atoms with Gasteiger partial charge in [0.05, 0.1) is 25.3 Å². The van der Waals surface area contributed by atoms with Crippen molar-refractivity contribution in [1.29, 1.82) is 0 Å². The molecule has 2 atom stereocenters. The molecule has 2 aliphatic rings. The normalized spacial score (nSPS) is 18.9. The maximum Gasteiger partial charge on any atom is 0.274 e. The fourth-order valence-corrected chi connectivity index (χ4v) is 5.00. The zero-order valence-corrected chi connectivity index (χ0v) is 24.1. The first-order chi connectivity index (χ1) is 19.6. The number of hydrogen-bond acceptors (Lipinski definition) is 7. The maximum absolute atomic E-state index is 11.3. The van der Waals surface area contributed by atoms with Gasteiger partial charge in [-0.3, -0.25) is 0 Å². The van der Waals surface area contributed by atoms with Crippen molar-refractivity contribution >= 4 is 35.1 Å². The van der Waals surface area contributed by atoms with E-state index in [0.717, 1.165) is 11.1 Å². The molecule has 0 aromatic carbocycles. The van der Waals surface area contributed by atoms with Crippen LogP contribution in [-0.4, -0.2) is 103 Å². The summed E-state index contributed by atoms with van der Waals surface area (Å²) in [7, 11) is 0. The Morgan fingerprint density at radius 1 is 0.805 bits per heavy atom. The predicted molar refractivity (Wildman–Crippen MR) is 151 cm³/mol. The molecule has 2 aromatic rings. The zero-order valence-electron chi connectivity index (χ0n) is 22.5. The van der Waals surface area contributed by atoms with Crippen LogP contribution in [0.25, 0.3) is 0 Å². The molecule has 2 unspecified atom stereocenters. The quantitative estimate of drug-likeness (QED) is 0.198. The zero-order chi connectivity index (χ0) is 29.5. The molecule has 0 radical (unpaired) electrons. The standard InChI is InChI=1S/C24H30Cl2N10O5/c1-17(33-9-7-31(23(33)29-35(37)38)13-19-3-5-21(25)27-11-19)15-41-16-18(2)34-10-8-32(24(34)30-36(39)40)14-20-4-6-22(26)28-12-20/h3-6,11-12,17-18H,7-10,13-16H2,1-2H3. The summed E-state index contributed by atoms with van der Waals surface area (Å²) in [5.41, 5.74) is 1.70. The Hall–Kier alpha value is -3.82. The Labute approximate surface area is 246 Å². The Bertz CT molecular complexity index is 1180. The molecule has 0 spiro atoms. The Kier molecular flexibility index (Phi) is 10.1. The van der Waals surface area contributed by atoms with Crippen LogP contribution >= 0.6 is 23.2 Å². The van der Waals surface area contributed by atoms with E-state index in [4.69, 9.17) is 27.9 Å². The molecule has 4 heterocycles. The third-order valence-corrected chi connectivity index (χ3v) is 7.20. The minimum atomic E-state index is -0.703. The monoisotopic (exact) mass is 608 g/mol. The average Bonchev–Trinajstić information content (AvgIpc) is 3.49. The molecule has 4 rings (SSSR count). The number of nitrogens with zero attached hydrogens (tertiary/aromatic N) is 10. The SMILES string of the molecule is CC(COCC(C)N1CCN(Cc2ccc(Cl)nc2)C1=N[N+](=O)[O-])N1CCN(Cc2ccc(Cl)nc2)C1=N[N+](=O)[O-]. The van der Waals surface area contributed by atoms with E-state index in [1.165, 1.54) is 0 Å².